The van der Waals surface area contributed by atoms with E-state index in [1.54, 1.807) is 30.3 Å². The van der Waals surface area contributed by atoms with Crippen LogP contribution in [-0.4, -0.2) is 31.3 Å². The number of ether oxygens (including phenoxy) is 3. The molecule has 7 nitrogen and oxygen atoms in total. The number of carbonyl (C=O) groups excluding carboxylic acids is 2. The fraction of sp³-hybridized carbons (Fsp3) is 0.105. The van der Waals surface area contributed by atoms with Crippen molar-refractivity contribution in [2.24, 2.45) is 0 Å². The van der Waals surface area contributed by atoms with Gasteiger partial charge in [-0.25, -0.2) is 19.0 Å². The number of para-hydroxylation sites is 1. The molecule has 10 heteroatoms. The van der Waals surface area contributed by atoms with Gasteiger partial charge in [0.1, 0.15) is 10.8 Å². The fourth-order valence-electron chi connectivity index (χ4n) is 2.32. The quantitative estimate of drug-likeness (QED) is 0.566. The monoisotopic (exact) mass is 436 g/mol. The highest BCUT2D eigenvalue weighted by Crippen LogP contribution is 2.38. The first-order chi connectivity index (χ1) is 13.9. The molecule has 1 aromatic heterocycles. The number of carbonyl (C=O) groups is 2. The van der Waals surface area contributed by atoms with Crippen LogP contribution < -0.4 is 14.8 Å². The minimum atomic E-state index is -0.846. The Bertz CT molecular complexity index is 1060. The van der Waals surface area contributed by atoms with Crippen LogP contribution in [0.15, 0.2) is 42.5 Å². The van der Waals surface area contributed by atoms with Crippen molar-refractivity contribution >= 4 is 40.8 Å². The van der Waals surface area contributed by atoms with Crippen LogP contribution in [0.2, 0.25) is 5.02 Å². The number of aromatic nitrogens is 1. The molecular weight excluding hydrogens is 423 g/mol. The van der Waals surface area contributed by atoms with Gasteiger partial charge in [0.2, 0.25) is 0 Å². The molecule has 0 aliphatic carbocycles. The van der Waals surface area contributed by atoms with E-state index in [1.807, 2.05) is 0 Å². The third-order valence-corrected chi connectivity index (χ3v) is 5.03. The number of anilines is 1. The summed E-state index contributed by atoms with van der Waals surface area (Å²) in [5, 5.41) is 2.73. The summed E-state index contributed by atoms with van der Waals surface area (Å²) in [6.45, 7) is 0. The summed E-state index contributed by atoms with van der Waals surface area (Å²) < 4.78 is 28.7. The van der Waals surface area contributed by atoms with E-state index in [0.717, 1.165) is 17.4 Å². The summed E-state index contributed by atoms with van der Waals surface area (Å²) in [7, 11) is 2.51. The first kappa shape index (κ1) is 20.6. The summed E-state index contributed by atoms with van der Waals surface area (Å²) in [6.07, 6.45) is -0.846. The fourth-order valence-corrected chi connectivity index (χ4v) is 3.58. The Morgan fingerprint density at radius 1 is 1.17 bits per heavy atom. The summed E-state index contributed by atoms with van der Waals surface area (Å²) in [5.41, 5.74) is 0.324. The van der Waals surface area contributed by atoms with E-state index >= 15 is 0 Å². The largest absolute Gasteiger partial charge is 0.494 e. The number of amides is 1. The molecule has 0 unspecified atom stereocenters. The molecule has 0 atom stereocenters. The predicted octanol–water partition coefficient (Wildman–Crippen LogP) is 5.01. The zero-order valence-electron chi connectivity index (χ0n) is 15.2. The molecule has 0 bridgehead atoms. The number of hydrogen-bond acceptors (Lipinski definition) is 7. The van der Waals surface area contributed by atoms with Gasteiger partial charge in [-0.05, 0) is 24.3 Å². The lowest BCUT2D eigenvalue weighted by Crippen LogP contribution is -2.18. The zero-order valence-corrected chi connectivity index (χ0v) is 16.8. The molecule has 3 aromatic rings. The molecule has 0 saturated carbocycles. The second-order valence-electron chi connectivity index (χ2n) is 5.48. The van der Waals surface area contributed by atoms with Gasteiger partial charge in [-0.3, -0.25) is 5.32 Å². The SMILES string of the molecule is COC(=O)c1sc(-c2cc(OC)c(F)cc2Cl)nc1NC(=O)Oc1ccccc1. The minimum Gasteiger partial charge on any atom is -0.494 e. The van der Waals surface area contributed by atoms with E-state index < -0.39 is 17.9 Å². The Morgan fingerprint density at radius 2 is 1.90 bits per heavy atom. The minimum absolute atomic E-state index is 0.0203. The lowest BCUT2D eigenvalue weighted by Gasteiger charge is -2.06. The number of nitrogens with one attached hydrogen (secondary N) is 1. The zero-order chi connectivity index (χ0) is 21.0. The highest BCUT2D eigenvalue weighted by Gasteiger charge is 2.24. The number of esters is 1. The Hall–Kier alpha value is -3.17. The van der Waals surface area contributed by atoms with Gasteiger partial charge in [-0.2, -0.15) is 0 Å². The summed E-state index contributed by atoms with van der Waals surface area (Å²) in [5.74, 6) is -1.16. The maximum absolute atomic E-state index is 13.8. The molecule has 1 N–H and O–H groups in total. The van der Waals surface area contributed by atoms with Crippen LogP contribution >= 0.6 is 22.9 Å². The van der Waals surface area contributed by atoms with E-state index in [1.165, 1.54) is 20.3 Å². The van der Waals surface area contributed by atoms with Crippen LogP contribution in [0.25, 0.3) is 10.6 Å². The second kappa shape index (κ2) is 8.89. The Labute approximate surface area is 174 Å². The molecule has 1 amide bonds. The van der Waals surface area contributed by atoms with Crippen molar-refractivity contribution in [3.63, 3.8) is 0 Å². The lowest BCUT2D eigenvalue weighted by molar-refractivity contribution is 0.0607. The average Bonchev–Trinajstić information content (AvgIpc) is 3.11. The van der Waals surface area contributed by atoms with Crippen molar-refractivity contribution in [3.05, 3.63) is 58.2 Å². The molecule has 150 valence electrons. The topological polar surface area (TPSA) is 86.8 Å². The van der Waals surface area contributed by atoms with E-state index in [2.05, 4.69) is 10.3 Å². The van der Waals surface area contributed by atoms with Crippen molar-refractivity contribution in [3.8, 4) is 22.1 Å². The van der Waals surface area contributed by atoms with Crippen LogP contribution in [-0.2, 0) is 4.74 Å². The molecule has 29 heavy (non-hydrogen) atoms. The molecule has 0 radical (unpaired) electrons. The van der Waals surface area contributed by atoms with Gasteiger partial charge in [-0.15, -0.1) is 11.3 Å². The third-order valence-electron chi connectivity index (χ3n) is 3.64. The highest BCUT2D eigenvalue weighted by molar-refractivity contribution is 7.17. The smallest absolute Gasteiger partial charge is 0.418 e. The van der Waals surface area contributed by atoms with Crippen LogP contribution in [0, 0.1) is 5.82 Å². The van der Waals surface area contributed by atoms with Gasteiger partial charge in [0.05, 0.1) is 19.2 Å². The molecule has 0 aliphatic heterocycles. The maximum atomic E-state index is 13.8. The molecular formula is C19H14ClFN2O5S. The first-order valence-electron chi connectivity index (χ1n) is 8.09. The lowest BCUT2D eigenvalue weighted by atomic mass is 10.2. The van der Waals surface area contributed by atoms with Crippen molar-refractivity contribution in [2.75, 3.05) is 19.5 Å². The predicted molar refractivity (Wildman–Crippen MR) is 106 cm³/mol. The van der Waals surface area contributed by atoms with Crippen LogP contribution in [0.4, 0.5) is 15.0 Å². The number of thiazole rings is 1. The second-order valence-corrected chi connectivity index (χ2v) is 6.89. The molecule has 3 rings (SSSR count). The average molecular weight is 437 g/mol. The van der Waals surface area contributed by atoms with Gasteiger partial charge in [-0.1, -0.05) is 29.8 Å². The van der Waals surface area contributed by atoms with Crippen molar-refractivity contribution in [1.29, 1.82) is 0 Å². The Balaban J connectivity index is 1.95. The van der Waals surface area contributed by atoms with Gasteiger partial charge >= 0.3 is 12.1 Å². The number of nitrogens with zero attached hydrogens (tertiary/aromatic N) is 1. The molecule has 0 saturated heterocycles. The molecule has 1 heterocycles. The Kier molecular flexibility index (Phi) is 6.30. The van der Waals surface area contributed by atoms with Crippen LogP contribution in [0.1, 0.15) is 9.67 Å². The highest BCUT2D eigenvalue weighted by atomic mass is 35.5. The summed E-state index contributed by atoms with van der Waals surface area (Å²) in [4.78, 5) is 28.6. The number of rotatable bonds is 5. The molecule has 0 spiro atoms. The normalized spacial score (nSPS) is 10.3. The molecule has 2 aromatic carbocycles. The molecule has 0 aliphatic rings. The van der Waals surface area contributed by atoms with Crippen molar-refractivity contribution in [2.45, 2.75) is 0 Å². The standard InChI is InChI=1S/C19H14ClFN2O5S/c1-26-14-8-11(12(20)9-13(14)21)17-22-16(15(29-17)18(24)27-2)23-19(25)28-10-6-4-3-5-7-10/h3-9H,1-2H3,(H,23,25). The van der Waals surface area contributed by atoms with E-state index in [4.69, 9.17) is 25.8 Å². The van der Waals surface area contributed by atoms with E-state index in [9.17, 15) is 14.0 Å². The maximum Gasteiger partial charge on any atom is 0.418 e. The number of hydrogen-bond donors (Lipinski definition) is 1. The van der Waals surface area contributed by atoms with Gasteiger partial charge in [0.15, 0.2) is 22.3 Å². The van der Waals surface area contributed by atoms with Crippen LogP contribution in [0.3, 0.4) is 0 Å². The summed E-state index contributed by atoms with van der Waals surface area (Å²) >= 11 is 7.04. The third kappa shape index (κ3) is 4.64. The van der Waals surface area contributed by atoms with Crippen LogP contribution in [0.5, 0.6) is 11.5 Å². The van der Waals surface area contributed by atoms with Crippen molar-refractivity contribution in [1.82, 2.24) is 4.98 Å². The number of methoxy groups -OCH3 is 2. The van der Waals surface area contributed by atoms with Gasteiger partial charge in [0.25, 0.3) is 0 Å². The summed E-state index contributed by atoms with van der Waals surface area (Å²) in [6, 6.07) is 10.8. The van der Waals surface area contributed by atoms with E-state index in [-0.39, 0.29) is 26.5 Å². The van der Waals surface area contributed by atoms with Crippen molar-refractivity contribution < 1.29 is 28.2 Å². The van der Waals surface area contributed by atoms with Gasteiger partial charge < -0.3 is 14.2 Å². The first-order valence-corrected chi connectivity index (χ1v) is 9.28. The Morgan fingerprint density at radius 3 is 2.55 bits per heavy atom. The number of benzene rings is 2. The van der Waals surface area contributed by atoms with E-state index in [0.29, 0.717) is 11.3 Å². The molecule has 0 fully saturated rings. The number of halogens is 2. The van der Waals surface area contributed by atoms with Gasteiger partial charge in [0, 0.05) is 5.56 Å².